The van der Waals surface area contributed by atoms with Crippen molar-refractivity contribution < 1.29 is 19.1 Å². The first-order valence-electron chi connectivity index (χ1n) is 7.77. The number of rotatable bonds is 6. The van der Waals surface area contributed by atoms with E-state index in [1.807, 2.05) is 6.92 Å². The van der Waals surface area contributed by atoms with Gasteiger partial charge in [0.25, 0.3) is 5.91 Å². The molecular weight excluding hydrogens is 308 g/mol. The molecule has 0 aliphatic carbocycles. The Morgan fingerprint density at radius 2 is 1.83 bits per heavy atom. The number of hydrogen-bond donors (Lipinski definition) is 2. The lowest BCUT2D eigenvalue weighted by Crippen LogP contribution is -2.15. The van der Waals surface area contributed by atoms with Crippen LogP contribution in [0.2, 0.25) is 0 Å². The van der Waals surface area contributed by atoms with Gasteiger partial charge < -0.3 is 19.8 Å². The number of aromatic amines is 1. The summed E-state index contributed by atoms with van der Waals surface area (Å²) in [4.78, 5) is 27.6. The number of amides is 1. The van der Waals surface area contributed by atoms with E-state index < -0.39 is 5.97 Å². The molecule has 0 radical (unpaired) electrons. The Morgan fingerprint density at radius 1 is 1.17 bits per heavy atom. The summed E-state index contributed by atoms with van der Waals surface area (Å²) in [5, 5.41) is 2.83. The number of ether oxygens (including phenoxy) is 2. The normalized spacial score (nSPS) is 10.3. The number of anilines is 1. The largest absolute Gasteiger partial charge is 0.497 e. The van der Waals surface area contributed by atoms with Crippen molar-refractivity contribution in [1.29, 1.82) is 0 Å². The number of carbonyl (C=O) groups is 2. The van der Waals surface area contributed by atoms with Crippen molar-refractivity contribution in [2.75, 3.05) is 19.5 Å². The Balaban J connectivity index is 2.32. The summed E-state index contributed by atoms with van der Waals surface area (Å²) in [5.41, 5.74) is 2.80. The molecule has 0 fully saturated rings. The average molecular weight is 330 g/mol. The van der Waals surface area contributed by atoms with Gasteiger partial charge in [0.1, 0.15) is 11.4 Å². The lowest BCUT2D eigenvalue weighted by Gasteiger charge is -2.08. The molecule has 0 saturated heterocycles. The molecule has 1 heterocycles. The molecule has 0 spiro atoms. The van der Waals surface area contributed by atoms with E-state index in [9.17, 15) is 9.59 Å². The Labute approximate surface area is 141 Å². The lowest BCUT2D eigenvalue weighted by atomic mass is 10.0. The van der Waals surface area contributed by atoms with E-state index in [0.29, 0.717) is 40.4 Å². The van der Waals surface area contributed by atoms with Gasteiger partial charge in [-0.2, -0.15) is 0 Å². The summed E-state index contributed by atoms with van der Waals surface area (Å²) in [5.74, 6) is -0.0130. The van der Waals surface area contributed by atoms with Gasteiger partial charge in [0.2, 0.25) is 0 Å². The van der Waals surface area contributed by atoms with Gasteiger partial charge in [0, 0.05) is 11.4 Å². The van der Waals surface area contributed by atoms with Gasteiger partial charge in [-0.25, -0.2) is 4.79 Å². The maximum absolute atomic E-state index is 12.6. The zero-order chi connectivity index (χ0) is 17.7. The van der Waals surface area contributed by atoms with Gasteiger partial charge in [-0.1, -0.05) is 13.3 Å². The Kier molecular flexibility index (Phi) is 5.63. The van der Waals surface area contributed by atoms with Crippen molar-refractivity contribution >= 4 is 17.6 Å². The van der Waals surface area contributed by atoms with Crippen molar-refractivity contribution in [3.05, 3.63) is 46.8 Å². The summed E-state index contributed by atoms with van der Waals surface area (Å²) in [7, 11) is 2.92. The fourth-order valence-corrected chi connectivity index (χ4v) is 2.62. The quantitative estimate of drug-likeness (QED) is 0.796. The van der Waals surface area contributed by atoms with Crippen LogP contribution in [0.4, 0.5) is 5.69 Å². The van der Waals surface area contributed by atoms with E-state index in [2.05, 4.69) is 10.3 Å². The third kappa shape index (κ3) is 3.59. The smallest absolute Gasteiger partial charge is 0.339 e. The number of esters is 1. The van der Waals surface area contributed by atoms with Crippen LogP contribution in [0.1, 0.15) is 45.4 Å². The number of carbonyl (C=O) groups excluding carboxylic acids is 2. The third-order valence-corrected chi connectivity index (χ3v) is 3.76. The van der Waals surface area contributed by atoms with Gasteiger partial charge in [-0.05, 0) is 43.2 Å². The Hall–Kier alpha value is -2.76. The third-order valence-electron chi connectivity index (χ3n) is 3.76. The van der Waals surface area contributed by atoms with Crippen molar-refractivity contribution in [3.8, 4) is 5.75 Å². The first-order chi connectivity index (χ1) is 11.5. The van der Waals surface area contributed by atoms with E-state index in [4.69, 9.17) is 9.47 Å². The van der Waals surface area contributed by atoms with Gasteiger partial charge in [0.15, 0.2) is 0 Å². The summed E-state index contributed by atoms with van der Waals surface area (Å²) in [6.07, 6.45) is 1.42. The Bertz CT molecular complexity index is 732. The molecule has 1 amide bonds. The zero-order valence-electron chi connectivity index (χ0n) is 14.4. The summed E-state index contributed by atoms with van der Waals surface area (Å²) in [6, 6.07) is 7.05. The number of nitrogens with one attached hydrogen (secondary N) is 2. The first-order valence-corrected chi connectivity index (χ1v) is 7.77. The minimum Gasteiger partial charge on any atom is -0.497 e. The minimum absolute atomic E-state index is 0.290. The van der Waals surface area contributed by atoms with Crippen LogP contribution < -0.4 is 10.1 Å². The molecule has 0 bridgehead atoms. The molecule has 1 aromatic carbocycles. The molecule has 2 N–H and O–H groups in total. The van der Waals surface area contributed by atoms with Gasteiger partial charge in [-0.15, -0.1) is 0 Å². The highest BCUT2D eigenvalue weighted by Gasteiger charge is 2.24. The highest BCUT2D eigenvalue weighted by atomic mass is 16.5. The maximum Gasteiger partial charge on any atom is 0.339 e. The molecule has 24 heavy (non-hydrogen) atoms. The van der Waals surface area contributed by atoms with E-state index in [0.717, 1.165) is 6.42 Å². The molecule has 0 saturated carbocycles. The second kappa shape index (κ2) is 7.68. The van der Waals surface area contributed by atoms with Gasteiger partial charge in [0.05, 0.1) is 19.8 Å². The van der Waals surface area contributed by atoms with Crippen LogP contribution in [0.15, 0.2) is 24.3 Å². The van der Waals surface area contributed by atoms with E-state index in [1.165, 1.54) is 7.11 Å². The second-order valence-electron chi connectivity index (χ2n) is 5.40. The number of methoxy groups -OCH3 is 2. The molecule has 1 aromatic heterocycles. The standard InChI is InChI=1S/C18H22N2O4/c1-5-6-14-15(18(22)24-4)11(2)19-16(14)17(21)20-12-7-9-13(23-3)10-8-12/h7-10,19H,5-6H2,1-4H3,(H,20,21). The highest BCUT2D eigenvalue weighted by molar-refractivity contribution is 6.07. The molecule has 2 aromatic rings. The van der Waals surface area contributed by atoms with Crippen LogP contribution in [0.5, 0.6) is 5.75 Å². The summed E-state index contributed by atoms with van der Waals surface area (Å²) < 4.78 is 9.93. The molecule has 0 aliphatic rings. The predicted octanol–water partition coefficient (Wildman–Crippen LogP) is 3.32. The van der Waals surface area contributed by atoms with Crippen LogP contribution in [0, 0.1) is 6.92 Å². The number of benzene rings is 1. The molecule has 128 valence electrons. The molecular formula is C18H22N2O4. The summed E-state index contributed by atoms with van der Waals surface area (Å²) in [6.45, 7) is 3.75. The number of aromatic nitrogens is 1. The molecule has 0 aliphatic heterocycles. The van der Waals surface area contributed by atoms with Crippen molar-refractivity contribution in [1.82, 2.24) is 4.98 Å². The van der Waals surface area contributed by atoms with Crippen LogP contribution >= 0.6 is 0 Å². The molecule has 0 unspecified atom stereocenters. The fraction of sp³-hybridized carbons (Fsp3) is 0.333. The highest BCUT2D eigenvalue weighted by Crippen LogP contribution is 2.23. The predicted molar refractivity (Wildman–Crippen MR) is 91.8 cm³/mol. The van der Waals surface area contributed by atoms with Crippen LogP contribution in [0.3, 0.4) is 0 Å². The molecule has 6 nitrogen and oxygen atoms in total. The van der Waals surface area contributed by atoms with Crippen LogP contribution in [0.25, 0.3) is 0 Å². The number of aryl methyl sites for hydroxylation is 1. The lowest BCUT2D eigenvalue weighted by molar-refractivity contribution is 0.0599. The van der Waals surface area contributed by atoms with Crippen molar-refractivity contribution in [2.45, 2.75) is 26.7 Å². The number of hydrogen-bond acceptors (Lipinski definition) is 4. The van der Waals surface area contributed by atoms with E-state index in [1.54, 1.807) is 38.3 Å². The molecule has 2 rings (SSSR count). The average Bonchev–Trinajstić information content (AvgIpc) is 2.91. The van der Waals surface area contributed by atoms with Crippen LogP contribution in [-0.4, -0.2) is 31.1 Å². The minimum atomic E-state index is -0.435. The number of H-pyrrole nitrogens is 1. The first kappa shape index (κ1) is 17.6. The van der Waals surface area contributed by atoms with Crippen molar-refractivity contribution in [2.24, 2.45) is 0 Å². The Morgan fingerprint density at radius 3 is 2.38 bits per heavy atom. The van der Waals surface area contributed by atoms with E-state index in [-0.39, 0.29) is 5.91 Å². The topological polar surface area (TPSA) is 80.4 Å². The van der Waals surface area contributed by atoms with Gasteiger partial charge in [-0.3, -0.25) is 4.79 Å². The second-order valence-corrected chi connectivity index (χ2v) is 5.40. The monoisotopic (exact) mass is 330 g/mol. The zero-order valence-corrected chi connectivity index (χ0v) is 14.4. The fourth-order valence-electron chi connectivity index (χ4n) is 2.62. The SMILES string of the molecule is CCCc1c(C(=O)Nc2ccc(OC)cc2)[nH]c(C)c1C(=O)OC. The van der Waals surface area contributed by atoms with E-state index >= 15 is 0 Å². The summed E-state index contributed by atoms with van der Waals surface area (Å²) >= 11 is 0. The van der Waals surface area contributed by atoms with Gasteiger partial charge >= 0.3 is 5.97 Å². The van der Waals surface area contributed by atoms with Crippen molar-refractivity contribution in [3.63, 3.8) is 0 Å². The maximum atomic E-state index is 12.6. The molecule has 6 heteroatoms. The van der Waals surface area contributed by atoms with Crippen LogP contribution in [-0.2, 0) is 11.2 Å². The molecule has 0 atom stereocenters.